The molecular weight excluding hydrogens is 262 g/mol. The van der Waals surface area contributed by atoms with Crippen molar-refractivity contribution >= 4 is 33.6 Å². The number of nitrogens with zero attached hydrogens (tertiary/aromatic N) is 2. The molecule has 0 fully saturated rings. The molecule has 0 aliphatic rings. The van der Waals surface area contributed by atoms with Crippen LogP contribution in [0.4, 0.5) is 0 Å². The lowest BCUT2D eigenvalue weighted by atomic mass is 10.2. The fraction of sp³-hybridized carbons (Fsp3) is 0.231. The van der Waals surface area contributed by atoms with Crippen molar-refractivity contribution in [2.24, 2.45) is 0 Å². The zero-order chi connectivity index (χ0) is 12.5. The number of aryl methyl sites for hydroxylation is 1. The SMILES string of the molecule is CCCc1n[nH]c(=S)n1-c1ccc2sccc2c1. The zero-order valence-corrected chi connectivity index (χ0v) is 11.6. The van der Waals surface area contributed by atoms with E-state index in [0.29, 0.717) is 4.77 Å². The predicted molar refractivity (Wildman–Crippen MR) is 78.1 cm³/mol. The molecule has 2 aromatic heterocycles. The molecule has 0 bridgehead atoms. The standard InChI is InChI=1S/C13H13N3S2/c1-2-3-12-14-15-13(17)16(12)10-4-5-11-9(8-10)6-7-18-11/h4-8H,2-3H2,1H3,(H,15,17). The van der Waals surface area contributed by atoms with Gasteiger partial charge in [-0.3, -0.25) is 9.67 Å². The zero-order valence-electron chi connectivity index (χ0n) is 10.0. The van der Waals surface area contributed by atoms with Crippen LogP contribution in [-0.2, 0) is 6.42 Å². The number of thiophene rings is 1. The Morgan fingerprint density at radius 2 is 2.28 bits per heavy atom. The molecule has 0 aliphatic heterocycles. The maximum atomic E-state index is 5.32. The van der Waals surface area contributed by atoms with E-state index in [1.807, 2.05) is 4.57 Å². The highest BCUT2D eigenvalue weighted by Gasteiger charge is 2.08. The maximum absolute atomic E-state index is 5.32. The molecule has 0 unspecified atom stereocenters. The number of aromatic nitrogens is 3. The molecule has 0 spiro atoms. The van der Waals surface area contributed by atoms with Crippen LogP contribution in [0.2, 0.25) is 0 Å². The lowest BCUT2D eigenvalue weighted by molar-refractivity contribution is 0.802. The number of hydrogen-bond acceptors (Lipinski definition) is 3. The highest BCUT2D eigenvalue weighted by atomic mass is 32.1. The van der Waals surface area contributed by atoms with Crippen molar-refractivity contribution in [3.8, 4) is 5.69 Å². The Bertz CT molecular complexity index is 736. The van der Waals surface area contributed by atoms with Gasteiger partial charge in [-0.2, -0.15) is 5.10 Å². The summed E-state index contributed by atoms with van der Waals surface area (Å²) in [6, 6.07) is 8.53. The Labute approximate surface area is 114 Å². The molecule has 3 rings (SSSR count). The molecule has 3 aromatic rings. The average molecular weight is 275 g/mol. The molecule has 3 nitrogen and oxygen atoms in total. The van der Waals surface area contributed by atoms with E-state index in [2.05, 4.69) is 46.8 Å². The normalized spacial score (nSPS) is 11.2. The van der Waals surface area contributed by atoms with Gasteiger partial charge in [0.1, 0.15) is 5.82 Å². The molecule has 92 valence electrons. The Kier molecular flexibility index (Phi) is 3.01. The van der Waals surface area contributed by atoms with Gasteiger partial charge in [-0.25, -0.2) is 0 Å². The van der Waals surface area contributed by atoms with Crippen LogP contribution in [0.25, 0.3) is 15.8 Å². The topological polar surface area (TPSA) is 33.6 Å². The van der Waals surface area contributed by atoms with Gasteiger partial charge >= 0.3 is 0 Å². The number of aromatic amines is 1. The van der Waals surface area contributed by atoms with Gasteiger partial charge in [0.25, 0.3) is 0 Å². The highest BCUT2D eigenvalue weighted by Crippen LogP contribution is 2.24. The van der Waals surface area contributed by atoms with E-state index in [-0.39, 0.29) is 0 Å². The number of benzene rings is 1. The largest absolute Gasteiger partial charge is 0.272 e. The number of rotatable bonds is 3. The van der Waals surface area contributed by atoms with E-state index in [1.165, 1.54) is 10.1 Å². The molecule has 1 N–H and O–H groups in total. The van der Waals surface area contributed by atoms with Crippen molar-refractivity contribution < 1.29 is 0 Å². The molecule has 2 heterocycles. The van der Waals surface area contributed by atoms with Crippen LogP contribution >= 0.6 is 23.6 Å². The summed E-state index contributed by atoms with van der Waals surface area (Å²) in [4.78, 5) is 0. The summed E-state index contributed by atoms with van der Waals surface area (Å²) in [5.74, 6) is 0.997. The summed E-state index contributed by atoms with van der Waals surface area (Å²) in [5.41, 5.74) is 1.09. The van der Waals surface area contributed by atoms with Crippen molar-refractivity contribution in [2.75, 3.05) is 0 Å². The van der Waals surface area contributed by atoms with Gasteiger partial charge in [0, 0.05) is 11.1 Å². The number of H-pyrrole nitrogens is 1. The van der Waals surface area contributed by atoms with E-state index in [9.17, 15) is 0 Å². The Hall–Kier alpha value is -1.46. The van der Waals surface area contributed by atoms with Gasteiger partial charge in [-0.05, 0) is 53.7 Å². The molecule has 0 saturated heterocycles. The van der Waals surface area contributed by atoms with Gasteiger partial charge in [0.05, 0.1) is 5.69 Å². The van der Waals surface area contributed by atoms with Crippen molar-refractivity contribution in [1.29, 1.82) is 0 Å². The second-order valence-corrected chi connectivity index (χ2v) is 5.51. The van der Waals surface area contributed by atoms with E-state index in [0.717, 1.165) is 24.4 Å². The van der Waals surface area contributed by atoms with Crippen molar-refractivity contribution in [2.45, 2.75) is 19.8 Å². The summed E-state index contributed by atoms with van der Waals surface area (Å²) in [5, 5.41) is 10.5. The van der Waals surface area contributed by atoms with Crippen molar-refractivity contribution in [3.05, 3.63) is 40.2 Å². The lowest BCUT2D eigenvalue weighted by Crippen LogP contribution is -2.00. The average Bonchev–Trinajstić information content (AvgIpc) is 2.96. The van der Waals surface area contributed by atoms with Crippen molar-refractivity contribution in [1.82, 2.24) is 14.8 Å². The minimum atomic E-state index is 0.660. The first-order valence-electron chi connectivity index (χ1n) is 5.93. The van der Waals surface area contributed by atoms with Gasteiger partial charge in [-0.15, -0.1) is 11.3 Å². The number of fused-ring (bicyclic) bond motifs is 1. The Balaban J connectivity index is 2.18. The third-order valence-electron chi connectivity index (χ3n) is 2.91. The van der Waals surface area contributed by atoms with Gasteiger partial charge in [0.15, 0.2) is 4.77 Å². The first-order chi connectivity index (χ1) is 8.79. The van der Waals surface area contributed by atoms with E-state index >= 15 is 0 Å². The minimum Gasteiger partial charge on any atom is -0.272 e. The molecule has 0 aliphatic carbocycles. The fourth-order valence-electron chi connectivity index (χ4n) is 2.08. The second kappa shape index (κ2) is 4.66. The minimum absolute atomic E-state index is 0.660. The van der Waals surface area contributed by atoms with E-state index < -0.39 is 0 Å². The molecule has 1 aromatic carbocycles. The number of nitrogens with one attached hydrogen (secondary N) is 1. The molecular formula is C13H13N3S2. The van der Waals surface area contributed by atoms with E-state index in [1.54, 1.807) is 11.3 Å². The Morgan fingerprint density at radius 3 is 3.11 bits per heavy atom. The smallest absolute Gasteiger partial charge is 0.199 e. The summed E-state index contributed by atoms with van der Waals surface area (Å²) in [6.07, 6.45) is 1.98. The second-order valence-electron chi connectivity index (χ2n) is 4.17. The molecule has 0 atom stereocenters. The third kappa shape index (κ3) is 1.89. The van der Waals surface area contributed by atoms with Crippen LogP contribution in [0.5, 0.6) is 0 Å². The Morgan fingerprint density at radius 1 is 1.39 bits per heavy atom. The van der Waals surface area contributed by atoms with Gasteiger partial charge in [-0.1, -0.05) is 6.92 Å². The number of hydrogen-bond donors (Lipinski definition) is 1. The fourth-order valence-corrected chi connectivity index (χ4v) is 3.11. The van der Waals surface area contributed by atoms with Crippen LogP contribution in [0, 0.1) is 4.77 Å². The van der Waals surface area contributed by atoms with Crippen LogP contribution < -0.4 is 0 Å². The monoisotopic (exact) mass is 275 g/mol. The first-order valence-corrected chi connectivity index (χ1v) is 7.22. The van der Waals surface area contributed by atoms with E-state index in [4.69, 9.17) is 12.2 Å². The van der Waals surface area contributed by atoms with Crippen LogP contribution in [0.1, 0.15) is 19.2 Å². The molecule has 0 amide bonds. The predicted octanol–water partition coefficient (Wildman–Crippen LogP) is 4.10. The highest BCUT2D eigenvalue weighted by molar-refractivity contribution is 7.71. The molecule has 18 heavy (non-hydrogen) atoms. The summed E-state index contributed by atoms with van der Waals surface area (Å²) in [7, 11) is 0. The summed E-state index contributed by atoms with van der Waals surface area (Å²) >= 11 is 7.07. The lowest BCUT2D eigenvalue weighted by Gasteiger charge is -2.06. The third-order valence-corrected chi connectivity index (χ3v) is 4.08. The maximum Gasteiger partial charge on any atom is 0.199 e. The van der Waals surface area contributed by atoms with Crippen LogP contribution in [0.15, 0.2) is 29.6 Å². The van der Waals surface area contributed by atoms with Gasteiger partial charge < -0.3 is 0 Å². The summed E-state index contributed by atoms with van der Waals surface area (Å²) < 4.78 is 3.98. The quantitative estimate of drug-likeness (QED) is 0.730. The van der Waals surface area contributed by atoms with Crippen LogP contribution in [-0.4, -0.2) is 14.8 Å². The first kappa shape index (κ1) is 11.6. The molecule has 0 radical (unpaired) electrons. The van der Waals surface area contributed by atoms with Crippen LogP contribution in [0.3, 0.4) is 0 Å². The van der Waals surface area contributed by atoms with Crippen molar-refractivity contribution in [3.63, 3.8) is 0 Å². The van der Waals surface area contributed by atoms with Gasteiger partial charge in [0.2, 0.25) is 0 Å². The molecule has 5 heteroatoms. The summed E-state index contributed by atoms with van der Waals surface area (Å²) in [6.45, 7) is 2.14. The molecule has 0 saturated carbocycles.